The van der Waals surface area contributed by atoms with E-state index in [0.29, 0.717) is 5.57 Å². The highest BCUT2D eigenvalue weighted by atomic mass is 16.5. The molecule has 4 heteroatoms. The summed E-state index contributed by atoms with van der Waals surface area (Å²) in [5, 5.41) is 10.8. The van der Waals surface area contributed by atoms with Gasteiger partial charge in [0.05, 0.1) is 12.7 Å². The van der Waals surface area contributed by atoms with Gasteiger partial charge in [0.15, 0.2) is 5.78 Å². The zero-order valence-electron chi connectivity index (χ0n) is 17.4. The minimum absolute atomic E-state index is 0.0133. The first-order chi connectivity index (χ1) is 13.1. The molecule has 28 heavy (non-hydrogen) atoms. The summed E-state index contributed by atoms with van der Waals surface area (Å²) in [6.07, 6.45) is 0.735. The van der Waals surface area contributed by atoms with Crippen LogP contribution in [0.4, 0.5) is 0 Å². The van der Waals surface area contributed by atoms with Crippen LogP contribution in [0.3, 0.4) is 0 Å². The molecule has 4 nitrogen and oxygen atoms in total. The van der Waals surface area contributed by atoms with Crippen LogP contribution in [0.15, 0.2) is 48.2 Å². The lowest BCUT2D eigenvalue weighted by Crippen LogP contribution is -2.49. The first kappa shape index (κ1) is 20.2. The molecule has 0 bridgehead atoms. The predicted molar refractivity (Wildman–Crippen MR) is 112 cm³/mol. The molecule has 1 aliphatic rings. The molecule has 0 saturated carbocycles. The molecule has 0 atom stereocenters. The fourth-order valence-electron chi connectivity index (χ4n) is 3.80. The van der Waals surface area contributed by atoms with Crippen molar-refractivity contribution in [2.24, 2.45) is 0 Å². The highest BCUT2D eigenvalue weighted by molar-refractivity contribution is 6.26. The van der Waals surface area contributed by atoms with Gasteiger partial charge < -0.3 is 14.6 Å². The molecule has 0 spiro atoms. The van der Waals surface area contributed by atoms with E-state index in [1.54, 1.807) is 34.8 Å². The van der Waals surface area contributed by atoms with Gasteiger partial charge in [-0.15, -0.1) is 0 Å². The average molecular weight is 380 g/mol. The van der Waals surface area contributed by atoms with Crippen molar-refractivity contribution >= 4 is 11.4 Å². The van der Waals surface area contributed by atoms with Crippen molar-refractivity contribution in [3.63, 3.8) is 0 Å². The summed E-state index contributed by atoms with van der Waals surface area (Å²) in [6.45, 7) is 9.12. The van der Waals surface area contributed by atoms with Gasteiger partial charge >= 0.3 is 0 Å². The Morgan fingerprint density at radius 2 is 1.68 bits per heavy atom. The van der Waals surface area contributed by atoms with Crippen molar-refractivity contribution < 1.29 is 19.4 Å². The van der Waals surface area contributed by atoms with Crippen LogP contribution in [0.25, 0.3) is 16.7 Å². The smallest absolute Gasteiger partial charge is 0.198 e. The van der Waals surface area contributed by atoms with Crippen LogP contribution in [-0.4, -0.2) is 29.2 Å². The zero-order valence-corrected chi connectivity index (χ0v) is 17.4. The number of ether oxygens (including phenoxy) is 2. The second kappa shape index (κ2) is 7.10. The minimum Gasteiger partial charge on any atom is -0.508 e. The molecule has 2 aromatic carbocycles. The van der Waals surface area contributed by atoms with Crippen LogP contribution in [0.5, 0.6) is 5.75 Å². The average Bonchev–Trinajstić information content (AvgIpc) is 2.66. The second-order valence-electron chi connectivity index (χ2n) is 8.13. The Balaban J connectivity index is 2.16. The first-order valence-corrected chi connectivity index (χ1v) is 9.57. The number of aryl methyl sites for hydroxylation is 1. The van der Waals surface area contributed by atoms with E-state index in [0.717, 1.165) is 34.4 Å². The molecular weight excluding hydrogens is 352 g/mol. The molecule has 0 amide bonds. The number of ketones is 1. The Bertz CT molecular complexity index is 951. The Hall–Kier alpha value is -2.59. The molecule has 1 heterocycles. The van der Waals surface area contributed by atoms with Gasteiger partial charge in [-0.2, -0.15) is 0 Å². The maximum atomic E-state index is 13.1. The van der Waals surface area contributed by atoms with Crippen LogP contribution >= 0.6 is 0 Å². The summed E-state index contributed by atoms with van der Waals surface area (Å²) in [5.41, 5.74) is 2.28. The van der Waals surface area contributed by atoms with Crippen molar-refractivity contribution in [1.29, 1.82) is 0 Å². The van der Waals surface area contributed by atoms with E-state index < -0.39 is 11.2 Å². The number of rotatable bonds is 4. The molecule has 0 saturated heterocycles. The lowest BCUT2D eigenvalue weighted by Gasteiger charge is -2.40. The molecule has 0 aliphatic carbocycles. The van der Waals surface area contributed by atoms with Gasteiger partial charge in [-0.05, 0) is 68.5 Å². The Morgan fingerprint density at radius 3 is 2.32 bits per heavy atom. The number of carbonyl (C=O) groups is 1. The van der Waals surface area contributed by atoms with E-state index in [2.05, 4.69) is 6.07 Å². The third-order valence-electron chi connectivity index (χ3n) is 5.25. The lowest BCUT2D eigenvalue weighted by molar-refractivity contribution is -0.158. The summed E-state index contributed by atoms with van der Waals surface area (Å²) in [4.78, 5) is 13.1. The number of aliphatic hydroxyl groups is 1. The normalized spacial score (nSPS) is 18.3. The standard InChI is InChI=1S/C24H28O4/c1-7-15-13-17(16-9-8-10-18(14-16)27-6)11-12-19(15)20-21(25)23(2,3)28-24(4,5)22(20)26/h8-14,25H,7H2,1-6H3. The number of hydrogen-bond acceptors (Lipinski definition) is 4. The fraction of sp³-hybridized carbons (Fsp3) is 0.375. The summed E-state index contributed by atoms with van der Waals surface area (Å²) >= 11 is 0. The van der Waals surface area contributed by atoms with Gasteiger partial charge in [-0.25, -0.2) is 0 Å². The Labute approximate surface area is 166 Å². The quantitative estimate of drug-likeness (QED) is 0.777. The number of Topliss-reactive ketones (excluding diaryl/α,β-unsaturated/α-hetero) is 1. The van der Waals surface area contributed by atoms with E-state index in [1.807, 2.05) is 43.3 Å². The third kappa shape index (κ3) is 3.45. The molecule has 0 aromatic heterocycles. The number of aliphatic hydroxyl groups excluding tert-OH is 1. The Kier molecular flexibility index (Phi) is 5.11. The van der Waals surface area contributed by atoms with Gasteiger partial charge in [-0.1, -0.05) is 37.3 Å². The van der Waals surface area contributed by atoms with Crippen LogP contribution < -0.4 is 4.74 Å². The summed E-state index contributed by atoms with van der Waals surface area (Å²) < 4.78 is 11.2. The summed E-state index contributed by atoms with van der Waals surface area (Å²) in [6, 6.07) is 13.9. The topological polar surface area (TPSA) is 55.8 Å². The van der Waals surface area contributed by atoms with E-state index in [4.69, 9.17) is 9.47 Å². The number of benzene rings is 2. The van der Waals surface area contributed by atoms with E-state index in [-0.39, 0.29) is 11.5 Å². The molecule has 0 radical (unpaired) electrons. The highest BCUT2D eigenvalue weighted by Gasteiger charge is 2.47. The van der Waals surface area contributed by atoms with Crippen LogP contribution in [-0.2, 0) is 16.0 Å². The van der Waals surface area contributed by atoms with Crippen molar-refractivity contribution in [2.75, 3.05) is 7.11 Å². The van der Waals surface area contributed by atoms with Crippen LogP contribution in [0.1, 0.15) is 45.7 Å². The molecule has 0 fully saturated rings. The van der Waals surface area contributed by atoms with Gasteiger partial charge in [0, 0.05) is 0 Å². The molecule has 1 aliphatic heterocycles. The van der Waals surface area contributed by atoms with Gasteiger partial charge in [0.1, 0.15) is 22.7 Å². The van der Waals surface area contributed by atoms with E-state index in [9.17, 15) is 9.90 Å². The van der Waals surface area contributed by atoms with Gasteiger partial charge in [0.2, 0.25) is 0 Å². The molecule has 148 valence electrons. The lowest BCUT2D eigenvalue weighted by atomic mass is 9.81. The predicted octanol–water partition coefficient (Wildman–Crippen LogP) is 5.35. The monoisotopic (exact) mass is 380 g/mol. The third-order valence-corrected chi connectivity index (χ3v) is 5.25. The molecule has 0 unspecified atom stereocenters. The van der Waals surface area contributed by atoms with Crippen LogP contribution in [0, 0.1) is 0 Å². The second-order valence-corrected chi connectivity index (χ2v) is 8.13. The van der Waals surface area contributed by atoms with Gasteiger partial charge in [0.25, 0.3) is 0 Å². The molecule has 2 aromatic rings. The van der Waals surface area contributed by atoms with Crippen molar-refractivity contribution in [1.82, 2.24) is 0 Å². The summed E-state index contributed by atoms with van der Waals surface area (Å²) in [7, 11) is 1.65. The van der Waals surface area contributed by atoms with Gasteiger partial charge in [-0.3, -0.25) is 4.79 Å². The first-order valence-electron chi connectivity index (χ1n) is 9.57. The Morgan fingerprint density at radius 1 is 1.00 bits per heavy atom. The number of hydrogen-bond donors (Lipinski definition) is 1. The minimum atomic E-state index is -0.998. The van der Waals surface area contributed by atoms with Crippen molar-refractivity contribution in [3.8, 4) is 16.9 Å². The van der Waals surface area contributed by atoms with E-state index >= 15 is 0 Å². The number of carbonyl (C=O) groups excluding carboxylic acids is 1. The SMILES string of the molecule is CCc1cc(-c2cccc(OC)c2)ccc1C1=C(O)C(C)(C)OC(C)(C)C1=O. The maximum Gasteiger partial charge on any atom is 0.198 e. The van der Waals surface area contributed by atoms with Crippen molar-refractivity contribution in [2.45, 2.75) is 52.2 Å². The molecule has 1 N–H and O–H groups in total. The molecule has 3 rings (SSSR count). The largest absolute Gasteiger partial charge is 0.508 e. The zero-order chi connectivity index (χ0) is 20.7. The van der Waals surface area contributed by atoms with Crippen molar-refractivity contribution in [3.05, 3.63) is 59.4 Å². The molecular formula is C24H28O4. The summed E-state index contributed by atoms with van der Waals surface area (Å²) in [5.74, 6) is 0.580. The highest BCUT2D eigenvalue weighted by Crippen LogP contribution is 2.41. The fourth-order valence-corrected chi connectivity index (χ4v) is 3.80. The van der Waals surface area contributed by atoms with E-state index in [1.165, 1.54) is 0 Å². The maximum absolute atomic E-state index is 13.1. The number of methoxy groups -OCH3 is 1. The van der Waals surface area contributed by atoms with Crippen LogP contribution in [0.2, 0.25) is 0 Å².